The van der Waals surface area contributed by atoms with E-state index in [0.29, 0.717) is 24.4 Å². The van der Waals surface area contributed by atoms with Crippen LogP contribution in [0.1, 0.15) is 12.0 Å². The van der Waals surface area contributed by atoms with Gasteiger partial charge in [-0.2, -0.15) is 0 Å². The van der Waals surface area contributed by atoms with Gasteiger partial charge in [-0.1, -0.05) is 6.08 Å². The van der Waals surface area contributed by atoms with E-state index in [1.54, 1.807) is 35.4 Å². The van der Waals surface area contributed by atoms with Crippen molar-refractivity contribution in [2.24, 2.45) is 0 Å². The molecule has 0 spiro atoms. The van der Waals surface area contributed by atoms with Crippen molar-refractivity contribution >= 4 is 33.5 Å². The average molecular weight is 401 g/mol. The number of fused-ring (bicyclic) bond motifs is 2. The Morgan fingerprint density at radius 1 is 1.23 bits per heavy atom. The Labute approximate surface area is 171 Å². The number of hydrogen-bond donors (Lipinski definition) is 1. The molecule has 1 aliphatic heterocycles. The number of rotatable bonds is 4. The van der Waals surface area contributed by atoms with Gasteiger partial charge in [0.15, 0.2) is 6.61 Å². The Morgan fingerprint density at radius 2 is 2.13 bits per heavy atom. The standard InChI is InChI=1S/C23H19N3O4/c27-21(14-29-17-5-3-16-4-6-22(28)30-20(16)12-17)26-10-7-15(8-11-26)19-13-25-23-18(19)2-1-9-24-23/h1-7,9,12-13H,8,10-11,14H2,(H,24,25). The minimum absolute atomic E-state index is 0.0667. The molecule has 0 unspecified atom stereocenters. The summed E-state index contributed by atoms with van der Waals surface area (Å²) in [4.78, 5) is 33.2. The van der Waals surface area contributed by atoms with Gasteiger partial charge in [0, 0.05) is 54.0 Å². The zero-order chi connectivity index (χ0) is 20.5. The van der Waals surface area contributed by atoms with Gasteiger partial charge in [0.25, 0.3) is 5.91 Å². The van der Waals surface area contributed by atoms with Gasteiger partial charge in [0.1, 0.15) is 17.0 Å². The molecule has 3 aromatic heterocycles. The molecule has 7 heteroatoms. The number of nitrogens with zero attached hydrogens (tertiary/aromatic N) is 2. The van der Waals surface area contributed by atoms with Crippen LogP contribution in [0.4, 0.5) is 0 Å². The van der Waals surface area contributed by atoms with Gasteiger partial charge >= 0.3 is 5.63 Å². The highest BCUT2D eigenvalue weighted by molar-refractivity contribution is 5.91. The van der Waals surface area contributed by atoms with Crippen LogP contribution in [-0.4, -0.2) is 40.5 Å². The minimum atomic E-state index is -0.419. The Bertz CT molecular complexity index is 1340. The molecule has 0 bridgehead atoms. The summed E-state index contributed by atoms with van der Waals surface area (Å²) in [6.45, 7) is 1.10. The average Bonchev–Trinajstić information content (AvgIpc) is 3.21. The zero-order valence-electron chi connectivity index (χ0n) is 16.1. The van der Waals surface area contributed by atoms with Gasteiger partial charge in [0.2, 0.25) is 0 Å². The maximum atomic E-state index is 12.6. The van der Waals surface area contributed by atoms with Crippen molar-refractivity contribution < 1.29 is 13.9 Å². The van der Waals surface area contributed by atoms with Crippen molar-refractivity contribution in [3.05, 3.63) is 76.9 Å². The molecule has 0 saturated heterocycles. The summed E-state index contributed by atoms with van der Waals surface area (Å²) < 4.78 is 10.8. The van der Waals surface area contributed by atoms with Crippen LogP contribution in [0.15, 0.2) is 70.1 Å². The summed E-state index contributed by atoms with van der Waals surface area (Å²) in [6.07, 6.45) is 6.60. The lowest BCUT2D eigenvalue weighted by molar-refractivity contribution is -0.132. The molecule has 0 radical (unpaired) electrons. The molecular formula is C23H19N3O4. The summed E-state index contributed by atoms with van der Waals surface area (Å²) in [7, 11) is 0. The molecule has 4 aromatic rings. The molecule has 1 amide bonds. The molecule has 5 rings (SSSR count). The van der Waals surface area contributed by atoms with E-state index in [9.17, 15) is 9.59 Å². The van der Waals surface area contributed by atoms with Crippen molar-refractivity contribution in [2.75, 3.05) is 19.7 Å². The molecule has 0 atom stereocenters. The summed E-state index contributed by atoms with van der Waals surface area (Å²) in [5.74, 6) is 0.408. The quantitative estimate of drug-likeness (QED) is 0.530. The fraction of sp³-hybridized carbons (Fsp3) is 0.174. The molecule has 150 valence electrons. The van der Waals surface area contributed by atoms with Gasteiger partial charge in [-0.3, -0.25) is 4.79 Å². The summed E-state index contributed by atoms with van der Waals surface area (Å²) in [5.41, 5.74) is 3.23. The fourth-order valence-electron chi connectivity index (χ4n) is 3.73. The number of aromatic amines is 1. The predicted molar refractivity (Wildman–Crippen MR) is 113 cm³/mol. The topological polar surface area (TPSA) is 88.4 Å². The van der Waals surface area contributed by atoms with E-state index in [1.165, 1.54) is 11.6 Å². The number of aromatic nitrogens is 2. The van der Waals surface area contributed by atoms with Crippen LogP contribution in [0.5, 0.6) is 5.75 Å². The molecule has 0 saturated carbocycles. The first kappa shape index (κ1) is 18.2. The Hall–Kier alpha value is -3.87. The molecule has 1 aliphatic rings. The highest BCUT2D eigenvalue weighted by Gasteiger charge is 2.20. The third-order valence-corrected chi connectivity index (χ3v) is 5.32. The first-order valence-corrected chi connectivity index (χ1v) is 9.73. The van der Waals surface area contributed by atoms with Crippen molar-refractivity contribution in [3.8, 4) is 5.75 Å². The highest BCUT2D eigenvalue weighted by atomic mass is 16.5. The first-order chi connectivity index (χ1) is 14.7. The maximum absolute atomic E-state index is 12.6. The molecular weight excluding hydrogens is 382 g/mol. The van der Waals surface area contributed by atoms with Crippen LogP contribution in [-0.2, 0) is 4.79 Å². The molecule has 4 heterocycles. The van der Waals surface area contributed by atoms with Gasteiger partial charge < -0.3 is 19.0 Å². The van der Waals surface area contributed by atoms with Gasteiger partial charge in [-0.15, -0.1) is 0 Å². The van der Waals surface area contributed by atoms with Crippen LogP contribution in [0, 0.1) is 0 Å². The number of nitrogens with one attached hydrogen (secondary N) is 1. The van der Waals surface area contributed by atoms with E-state index in [2.05, 4.69) is 16.0 Å². The second-order valence-corrected chi connectivity index (χ2v) is 7.16. The first-order valence-electron chi connectivity index (χ1n) is 9.73. The number of carbonyl (C=O) groups excluding carboxylic acids is 1. The molecule has 0 aliphatic carbocycles. The number of pyridine rings is 1. The largest absolute Gasteiger partial charge is 0.484 e. The molecule has 1 N–H and O–H groups in total. The third kappa shape index (κ3) is 3.45. The number of benzene rings is 1. The van der Waals surface area contributed by atoms with Crippen LogP contribution in [0.3, 0.4) is 0 Å². The number of ether oxygens (including phenoxy) is 1. The van der Waals surface area contributed by atoms with E-state index >= 15 is 0 Å². The zero-order valence-corrected chi connectivity index (χ0v) is 16.1. The Morgan fingerprint density at radius 3 is 3.00 bits per heavy atom. The van der Waals surface area contributed by atoms with Crippen molar-refractivity contribution in [3.63, 3.8) is 0 Å². The second-order valence-electron chi connectivity index (χ2n) is 7.16. The van der Waals surface area contributed by atoms with E-state index in [0.717, 1.165) is 28.4 Å². The maximum Gasteiger partial charge on any atom is 0.336 e. The molecule has 1 aromatic carbocycles. The highest BCUT2D eigenvalue weighted by Crippen LogP contribution is 2.28. The lowest BCUT2D eigenvalue weighted by atomic mass is 9.99. The van der Waals surface area contributed by atoms with E-state index < -0.39 is 5.63 Å². The lowest BCUT2D eigenvalue weighted by Crippen LogP contribution is -2.37. The van der Waals surface area contributed by atoms with E-state index in [1.807, 2.05) is 18.3 Å². The lowest BCUT2D eigenvalue weighted by Gasteiger charge is -2.26. The number of amides is 1. The summed E-state index contributed by atoms with van der Waals surface area (Å²) >= 11 is 0. The Balaban J connectivity index is 1.24. The van der Waals surface area contributed by atoms with Crippen molar-refractivity contribution in [1.29, 1.82) is 0 Å². The van der Waals surface area contributed by atoms with Crippen LogP contribution < -0.4 is 10.4 Å². The van der Waals surface area contributed by atoms with Crippen molar-refractivity contribution in [2.45, 2.75) is 6.42 Å². The molecule has 30 heavy (non-hydrogen) atoms. The van der Waals surface area contributed by atoms with E-state index in [4.69, 9.17) is 9.15 Å². The van der Waals surface area contributed by atoms with Gasteiger partial charge in [-0.05, 0) is 42.3 Å². The van der Waals surface area contributed by atoms with Crippen molar-refractivity contribution in [1.82, 2.24) is 14.9 Å². The van der Waals surface area contributed by atoms with Gasteiger partial charge in [0.05, 0.1) is 0 Å². The van der Waals surface area contributed by atoms with E-state index in [-0.39, 0.29) is 12.5 Å². The predicted octanol–water partition coefficient (Wildman–Crippen LogP) is 3.36. The SMILES string of the molecule is O=C(COc1ccc2ccc(=O)oc2c1)N1CC=C(c2c[nH]c3ncccc23)CC1. The van der Waals surface area contributed by atoms with Crippen LogP contribution >= 0.6 is 0 Å². The second kappa shape index (κ2) is 7.51. The summed E-state index contributed by atoms with van der Waals surface area (Å²) in [6, 6.07) is 12.2. The smallest absolute Gasteiger partial charge is 0.336 e. The van der Waals surface area contributed by atoms with Gasteiger partial charge in [-0.25, -0.2) is 9.78 Å². The fourth-order valence-corrected chi connectivity index (χ4v) is 3.73. The molecule has 0 fully saturated rings. The minimum Gasteiger partial charge on any atom is -0.484 e. The van der Waals surface area contributed by atoms with Crippen LogP contribution in [0.2, 0.25) is 0 Å². The third-order valence-electron chi connectivity index (χ3n) is 5.32. The monoisotopic (exact) mass is 401 g/mol. The summed E-state index contributed by atoms with van der Waals surface area (Å²) in [5, 5.41) is 1.89. The number of H-pyrrole nitrogens is 1. The number of hydrogen-bond acceptors (Lipinski definition) is 5. The number of carbonyl (C=O) groups is 1. The molecule has 7 nitrogen and oxygen atoms in total. The van der Waals surface area contributed by atoms with Crippen LogP contribution in [0.25, 0.3) is 27.6 Å². The normalized spacial score (nSPS) is 14.1. The Kier molecular flexibility index (Phi) is 4.55.